The molecule has 29 heavy (non-hydrogen) atoms. The number of likely N-dealkylation sites (tertiary alicyclic amines) is 1. The third-order valence-electron chi connectivity index (χ3n) is 7.80. The van der Waals surface area contributed by atoms with Crippen molar-refractivity contribution in [2.45, 2.75) is 50.2 Å². The Morgan fingerprint density at radius 2 is 1.97 bits per heavy atom. The van der Waals surface area contributed by atoms with Crippen molar-refractivity contribution in [2.75, 3.05) is 19.7 Å². The fourth-order valence-corrected chi connectivity index (χ4v) is 6.15. The van der Waals surface area contributed by atoms with Gasteiger partial charge >= 0.3 is 0 Å². The van der Waals surface area contributed by atoms with Crippen molar-refractivity contribution in [1.29, 1.82) is 0 Å². The number of allylic oxidation sites excluding steroid dienone is 4. The second kappa shape index (κ2) is 6.18. The standard InChI is InChI=1S/C24H28N2O3/c1-16-6-7-17-13-24(14-19(17)12-16)21(27)25-22(29-24)26-10-8-23(9-11-26)20-5-3-2-4-18(20)15-28-23/h2-7,16,18,20H,8-15H2,1H3. The first-order chi connectivity index (χ1) is 14.1. The van der Waals surface area contributed by atoms with E-state index < -0.39 is 5.60 Å². The second-order valence-corrected chi connectivity index (χ2v) is 9.64. The van der Waals surface area contributed by atoms with E-state index in [4.69, 9.17) is 9.47 Å². The normalized spacial score (nSPS) is 39.3. The van der Waals surface area contributed by atoms with E-state index in [1.165, 1.54) is 11.1 Å². The number of carbonyl (C=O) groups excluding carboxylic acids is 1. The van der Waals surface area contributed by atoms with E-state index in [0.717, 1.165) is 39.0 Å². The Morgan fingerprint density at radius 3 is 2.83 bits per heavy atom. The molecule has 1 amide bonds. The summed E-state index contributed by atoms with van der Waals surface area (Å²) in [5, 5.41) is 0. The molecule has 4 unspecified atom stereocenters. The van der Waals surface area contributed by atoms with Crippen LogP contribution in [0.1, 0.15) is 39.0 Å². The first-order valence-electron chi connectivity index (χ1n) is 11.0. The van der Waals surface area contributed by atoms with Crippen molar-refractivity contribution >= 4 is 11.9 Å². The Balaban J connectivity index is 1.14. The fourth-order valence-electron chi connectivity index (χ4n) is 6.15. The number of hydrogen-bond donors (Lipinski definition) is 0. The minimum Gasteiger partial charge on any atom is -0.447 e. The highest BCUT2D eigenvalue weighted by Gasteiger charge is 2.54. The number of rotatable bonds is 0. The number of amides is 1. The lowest BCUT2D eigenvalue weighted by molar-refractivity contribution is -0.130. The number of carbonyl (C=O) groups is 1. The number of aliphatic imine (C=N–C) groups is 1. The molecule has 0 aromatic rings. The van der Waals surface area contributed by atoms with Crippen molar-refractivity contribution in [3.05, 3.63) is 47.6 Å². The Kier molecular flexibility index (Phi) is 3.77. The highest BCUT2D eigenvalue weighted by molar-refractivity contribution is 6.02. The Bertz CT molecular complexity index is 903. The molecule has 0 aromatic heterocycles. The average Bonchev–Trinajstić information content (AvgIpc) is 3.37. The molecule has 6 rings (SSSR count). The van der Waals surface area contributed by atoms with Gasteiger partial charge in [-0.2, -0.15) is 4.99 Å². The summed E-state index contributed by atoms with van der Waals surface area (Å²) in [6.45, 7) is 4.69. The summed E-state index contributed by atoms with van der Waals surface area (Å²) in [7, 11) is 0. The number of nitrogens with zero attached hydrogens (tertiary/aromatic N) is 2. The van der Waals surface area contributed by atoms with Crippen LogP contribution in [0.2, 0.25) is 0 Å². The van der Waals surface area contributed by atoms with Gasteiger partial charge < -0.3 is 14.4 Å². The zero-order valence-corrected chi connectivity index (χ0v) is 17.0. The lowest BCUT2D eigenvalue weighted by atomic mass is 9.74. The van der Waals surface area contributed by atoms with E-state index >= 15 is 0 Å². The fraction of sp³-hybridized carbons (Fsp3) is 0.583. The number of ether oxygens (including phenoxy) is 2. The van der Waals surface area contributed by atoms with Crippen molar-refractivity contribution < 1.29 is 14.3 Å². The maximum atomic E-state index is 12.9. The number of fused-ring (bicyclic) bond motifs is 2. The predicted octanol–water partition coefficient (Wildman–Crippen LogP) is 3.55. The van der Waals surface area contributed by atoms with Gasteiger partial charge in [0.05, 0.1) is 12.2 Å². The Labute approximate surface area is 171 Å². The average molecular weight is 392 g/mol. The SMILES string of the molecule is CC1C=CC2=C(C1)CC1(C2)OC(N2CCC3(CC2)OCC2C=CC=CC23)=NC1=O. The third-order valence-corrected chi connectivity index (χ3v) is 7.80. The lowest BCUT2D eigenvalue weighted by Gasteiger charge is -2.42. The molecule has 6 aliphatic rings. The van der Waals surface area contributed by atoms with Crippen LogP contribution in [0.4, 0.5) is 0 Å². The molecule has 2 fully saturated rings. The summed E-state index contributed by atoms with van der Waals surface area (Å²) in [6, 6.07) is 0.537. The minimum absolute atomic E-state index is 0.0712. The summed E-state index contributed by atoms with van der Waals surface area (Å²) < 4.78 is 12.7. The summed E-state index contributed by atoms with van der Waals surface area (Å²) in [4.78, 5) is 19.4. The molecular formula is C24H28N2O3. The molecule has 5 heteroatoms. The topological polar surface area (TPSA) is 51.1 Å². The lowest BCUT2D eigenvalue weighted by Crippen LogP contribution is -2.50. The van der Waals surface area contributed by atoms with Crippen LogP contribution >= 0.6 is 0 Å². The number of amidine groups is 1. The van der Waals surface area contributed by atoms with Crippen LogP contribution in [-0.4, -0.2) is 47.7 Å². The monoisotopic (exact) mass is 392 g/mol. The predicted molar refractivity (Wildman–Crippen MR) is 110 cm³/mol. The van der Waals surface area contributed by atoms with Gasteiger partial charge in [-0.1, -0.05) is 49.0 Å². The van der Waals surface area contributed by atoms with Crippen LogP contribution in [0, 0.1) is 17.8 Å². The minimum atomic E-state index is -0.782. The van der Waals surface area contributed by atoms with Gasteiger partial charge in [-0.25, -0.2) is 0 Å². The van der Waals surface area contributed by atoms with Crippen LogP contribution in [0.25, 0.3) is 0 Å². The van der Waals surface area contributed by atoms with E-state index in [9.17, 15) is 4.79 Å². The maximum Gasteiger partial charge on any atom is 0.296 e. The van der Waals surface area contributed by atoms with Gasteiger partial charge in [0.25, 0.3) is 11.9 Å². The van der Waals surface area contributed by atoms with Gasteiger partial charge in [-0.3, -0.25) is 4.79 Å². The maximum absolute atomic E-state index is 12.9. The Hall–Kier alpha value is -2.14. The van der Waals surface area contributed by atoms with Crippen LogP contribution in [0.15, 0.2) is 52.6 Å². The van der Waals surface area contributed by atoms with E-state index in [1.54, 1.807) is 0 Å². The van der Waals surface area contributed by atoms with Crippen molar-refractivity contribution in [3.8, 4) is 0 Å². The summed E-state index contributed by atoms with van der Waals surface area (Å²) in [5.74, 6) is 1.41. The molecule has 152 valence electrons. The zero-order valence-electron chi connectivity index (χ0n) is 17.0. The van der Waals surface area contributed by atoms with Crippen LogP contribution in [0.5, 0.6) is 0 Å². The molecule has 0 aromatic carbocycles. The summed E-state index contributed by atoms with van der Waals surface area (Å²) in [6.07, 6.45) is 17.6. The van der Waals surface area contributed by atoms with Crippen LogP contribution < -0.4 is 0 Å². The first-order valence-corrected chi connectivity index (χ1v) is 11.0. The molecule has 5 nitrogen and oxygen atoms in total. The van der Waals surface area contributed by atoms with E-state index in [-0.39, 0.29) is 11.5 Å². The van der Waals surface area contributed by atoms with Gasteiger partial charge in [0.1, 0.15) is 0 Å². The number of hydrogen-bond acceptors (Lipinski definition) is 4. The van der Waals surface area contributed by atoms with Crippen molar-refractivity contribution in [2.24, 2.45) is 22.7 Å². The zero-order chi connectivity index (χ0) is 19.6. The largest absolute Gasteiger partial charge is 0.447 e. The molecule has 2 spiro atoms. The quantitative estimate of drug-likeness (QED) is 0.633. The third kappa shape index (κ3) is 2.63. The van der Waals surface area contributed by atoms with Crippen molar-refractivity contribution in [1.82, 2.24) is 4.90 Å². The number of piperidine rings is 1. The molecule has 3 heterocycles. The Morgan fingerprint density at radius 1 is 1.14 bits per heavy atom. The van der Waals surface area contributed by atoms with E-state index in [2.05, 4.69) is 53.3 Å². The summed E-state index contributed by atoms with van der Waals surface area (Å²) >= 11 is 0. The summed E-state index contributed by atoms with van der Waals surface area (Å²) in [5.41, 5.74) is 1.81. The van der Waals surface area contributed by atoms with Gasteiger partial charge in [-0.15, -0.1) is 0 Å². The molecule has 3 aliphatic carbocycles. The van der Waals surface area contributed by atoms with Gasteiger partial charge in [0, 0.05) is 37.8 Å². The van der Waals surface area contributed by atoms with Crippen molar-refractivity contribution in [3.63, 3.8) is 0 Å². The molecule has 0 bridgehead atoms. The highest BCUT2D eigenvalue weighted by Crippen LogP contribution is 2.48. The second-order valence-electron chi connectivity index (χ2n) is 9.64. The van der Waals surface area contributed by atoms with Gasteiger partial charge in [-0.05, 0) is 30.8 Å². The van der Waals surface area contributed by atoms with Crippen LogP contribution in [-0.2, 0) is 14.3 Å². The first kappa shape index (κ1) is 17.7. The molecule has 0 saturated carbocycles. The van der Waals surface area contributed by atoms with Gasteiger partial charge in [0.15, 0.2) is 0 Å². The molecule has 3 aliphatic heterocycles. The highest BCUT2D eigenvalue weighted by atomic mass is 16.5. The molecule has 2 saturated heterocycles. The van der Waals surface area contributed by atoms with E-state index in [0.29, 0.717) is 36.6 Å². The van der Waals surface area contributed by atoms with E-state index in [1.807, 2.05) is 0 Å². The van der Waals surface area contributed by atoms with Gasteiger partial charge in [0.2, 0.25) is 5.60 Å². The molecule has 0 radical (unpaired) electrons. The molecule has 0 N–H and O–H groups in total. The molecular weight excluding hydrogens is 364 g/mol. The van der Waals surface area contributed by atoms with Crippen LogP contribution in [0.3, 0.4) is 0 Å². The molecule has 4 atom stereocenters. The smallest absolute Gasteiger partial charge is 0.296 e.